The molecule has 1 heterocycles. The summed E-state index contributed by atoms with van der Waals surface area (Å²) in [6.07, 6.45) is -4.57. The Bertz CT molecular complexity index is 685. The van der Waals surface area contributed by atoms with Crippen molar-refractivity contribution in [2.75, 3.05) is 11.9 Å². The van der Waals surface area contributed by atoms with E-state index in [4.69, 9.17) is 4.74 Å². The normalized spacial score (nSPS) is 11.3. The van der Waals surface area contributed by atoms with Crippen molar-refractivity contribution in [1.29, 1.82) is 0 Å². The van der Waals surface area contributed by atoms with Crippen LogP contribution in [0.25, 0.3) is 0 Å². The number of nitrogens with zero attached hydrogens (tertiary/aromatic N) is 2. The van der Waals surface area contributed by atoms with Gasteiger partial charge in [-0.2, -0.15) is 13.2 Å². The highest BCUT2D eigenvalue weighted by molar-refractivity contribution is 7.15. The highest BCUT2D eigenvalue weighted by atomic mass is 32.1. The molecule has 0 aliphatic heterocycles. The number of anilines is 1. The maximum absolute atomic E-state index is 12.3. The van der Waals surface area contributed by atoms with Gasteiger partial charge in [0.05, 0.1) is 0 Å². The summed E-state index contributed by atoms with van der Waals surface area (Å²) in [7, 11) is 0. The zero-order valence-electron chi connectivity index (χ0n) is 11.7. The second-order valence-electron chi connectivity index (χ2n) is 4.49. The van der Waals surface area contributed by atoms with Crippen LogP contribution in [-0.4, -0.2) is 22.7 Å². The molecule has 0 atom stereocenters. The number of aryl methyl sites for hydroxylation is 2. The van der Waals surface area contributed by atoms with E-state index in [0.717, 1.165) is 11.1 Å². The maximum atomic E-state index is 12.3. The number of alkyl halides is 3. The number of carbonyl (C=O) groups is 1. The first kappa shape index (κ1) is 16.2. The summed E-state index contributed by atoms with van der Waals surface area (Å²) in [5.41, 5.74) is 2.10. The summed E-state index contributed by atoms with van der Waals surface area (Å²) in [4.78, 5) is 11.6. The van der Waals surface area contributed by atoms with E-state index in [0.29, 0.717) is 5.75 Å². The number of carbonyl (C=O) groups excluding carboxylic acids is 1. The average molecular weight is 331 g/mol. The first-order chi connectivity index (χ1) is 10.3. The van der Waals surface area contributed by atoms with E-state index in [1.807, 2.05) is 19.9 Å². The molecule has 118 valence electrons. The minimum Gasteiger partial charge on any atom is -0.484 e. The number of halogens is 3. The van der Waals surface area contributed by atoms with Crippen molar-refractivity contribution in [2.45, 2.75) is 20.0 Å². The smallest absolute Gasteiger partial charge is 0.445 e. The van der Waals surface area contributed by atoms with Crippen LogP contribution < -0.4 is 10.1 Å². The predicted octanol–water partition coefficient (Wildman–Crippen LogP) is 3.19. The second kappa shape index (κ2) is 6.30. The summed E-state index contributed by atoms with van der Waals surface area (Å²) in [5.74, 6) is -0.102. The van der Waals surface area contributed by atoms with Crippen LogP contribution in [0.15, 0.2) is 18.2 Å². The number of rotatable bonds is 4. The lowest BCUT2D eigenvalue weighted by atomic mass is 10.1. The van der Waals surface area contributed by atoms with E-state index in [9.17, 15) is 18.0 Å². The Morgan fingerprint density at radius 3 is 2.59 bits per heavy atom. The molecule has 0 aliphatic rings. The van der Waals surface area contributed by atoms with Crippen LogP contribution in [0.1, 0.15) is 16.1 Å². The Kier molecular flexibility index (Phi) is 4.65. The summed E-state index contributed by atoms with van der Waals surface area (Å²) < 4.78 is 42.3. The Hall–Kier alpha value is -2.16. The number of hydrogen-bond acceptors (Lipinski definition) is 5. The molecule has 22 heavy (non-hydrogen) atoms. The number of aromatic nitrogens is 2. The van der Waals surface area contributed by atoms with Crippen LogP contribution in [0, 0.1) is 13.8 Å². The molecule has 9 heteroatoms. The van der Waals surface area contributed by atoms with Gasteiger partial charge >= 0.3 is 6.18 Å². The molecule has 0 fully saturated rings. The third-order valence-corrected chi connectivity index (χ3v) is 3.65. The van der Waals surface area contributed by atoms with Gasteiger partial charge in [0.25, 0.3) is 5.91 Å². The Labute approximate surface area is 128 Å². The van der Waals surface area contributed by atoms with Crippen LogP contribution in [0.3, 0.4) is 0 Å². The highest BCUT2D eigenvalue weighted by Gasteiger charge is 2.35. The van der Waals surface area contributed by atoms with Gasteiger partial charge in [-0.25, -0.2) is 0 Å². The second-order valence-corrected chi connectivity index (χ2v) is 5.47. The van der Waals surface area contributed by atoms with Gasteiger partial charge in [-0.15, -0.1) is 10.2 Å². The number of hydrogen-bond donors (Lipinski definition) is 1. The van der Waals surface area contributed by atoms with Crippen molar-refractivity contribution in [1.82, 2.24) is 10.2 Å². The van der Waals surface area contributed by atoms with E-state index in [-0.39, 0.29) is 23.1 Å². The van der Waals surface area contributed by atoms with Gasteiger partial charge in [-0.3, -0.25) is 10.1 Å². The molecule has 0 aliphatic carbocycles. The van der Waals surface area contributed by atoms with Gasteiger partial charge in [0.15, 0.2) is 6.61 Å². The fourth-order valence-corrected chi connectivity index (χ4v) is 2.12. The molecule has 0 saturated heterocycles. The molecule has 5 nitrogen and oxygen atoms in total. The quantitative estimate of drug-likeness (QED) is 0.934. The largest absolute Gasteiger partial charge is 0.484 e. The van der Waals surface area contributed by atoms with Crippen molar-refractivity contribution in [2.24, 2.45) is 0 Å². The molecule has 1 aromatic heterocycles. The van der Waals surface area contributed by atoms with Crippen molar-refractivity contribution in [3.63, 3.8) is 0 Å². The van der Waals surface area contributed by atoms with Crippen molar-refractivity contribution < 1.29 is 22.7 Å². The number of nitrogens with one attached hydrogen (secondary N) is 1. The number of amides is 1. The van der Waals surface area contributed by atoms with Gasteiger partial charge in [-0.1, -0.05) is 17.4 Å². The molecule has 0 radical (unpaired) electrons. The fourth-order valence-electron chi connectivity index (χ4n) is 1.50. The molecule has 1 N–H and O–H groups in total. The molecule has 1 aromatic carbocycles. The van der Waals surface area contributed by atoms with Gasteiger partial charge in [0, 0.05) is 0 Å². The van der Waals surface area contributed by atoms with E-state index < -0.39 is 17.1 Å². The lowest BCUT2D eigenvalue weighted by Gasteiger charge is -2.07. The molecule has 0 spiro atoms. The molecule has 0 unspecified atom stereocenters. The Morgan fingerprint density at radius 1 is 1.27 bits per heavy atom. The van der Waals surface area contributed by atoms with E-state index in [1.165, 1.54) is 0 Å². The van der Waals surface area contributed by atoms with Crippen LogP contribution in [-0.2, 0) is 11.0 Å². The molecular formula is C13H12F3N3O2S. The highest BCUT2D eigenvalue weighted by Crippen LogP contribution is 2.32. The molecule has 0 bridgehead atoms. The fraction of sp³-hybridized carbons (Fsp3) is 0.308. The van der Waals surface area contributed by atoms with Crippen LogP contribution >= 0.6 is 11.3 Å². The van der Waals surface area contributed by atoms with Crippen LogP contribution in [0.4, 0.5) is 18.3 Å². The molecule has 0 saturated carbocycles. The average Bonchev–Trinajstić information content (AvgIpc) is 2.88. The minimum absolute atomic E-state index is 0.221. The summed E-state index contributed by atoms with van der Waals surface area (Å²) in [6, 6.07) is 5.33. The monoisotopic (exact) mass is 331 g/mol. The summed E-state index contributed by atoms with van der Waals surface area (Å²) in [6.45, 7) is 3.52. The van der Waals surface area contributed by atoms with Gasteiger partial charge in [-0.05, 0) is 37.1 Å². The zero-order chi connectivity index (χ0) is 16.3. The van der Waals surface area contributed by atoms with Crippen LogP contribution in [0.5, 0.6) is 5.75 Å². The molecule has 2 aromatic rings. The third kappa shape index (κ3) is 4.17. The minimum atomic E-state index is -4.57. The number of ether oxygens (including phenoxy) is 1. The first-order valence-electron chi connectivity index (χ1n) is 6.16. The third-order valence-electron chi connectivity index (χ3n) is 2.76. The summed E-state index contributed by atoms with van der Waals surface area (Å²) >= 11 is 0.260. The first-order valence-corrected chi connectivity index (χ1v) is 6.98. The van der Waals surface area contributed by atoms with Crippen LogP contribution in [0.2, 0.25) is 0 Å². The van der Waals surface area contributed by atoms with E-state index in [2.05, 4.69) is 15.5 Å². The van der Waals surface area contributed by atoms with Crippen molar-refractivity contribution in [3.05, 3.63) is 34.3 Å². The van der Waals surface area contributed by atoms with Gasteiger partial charge < -0.3 is 4.74 Å². The lowest BCUT2D eigenvalue weighted by molar-refractivity contribution is -0.138. The molecular weight excluding hydrogens is 319 g/mol. The number of benzene rings is 1. The lowest BCUT2D eigenvalue weighted by Crippen LogP contribution is -2.20. The zero-order valence-corrected chi connectivity index (χ0v) is 12.5. The predicted molar refractivity (Wildman–Crippen MR) is 75.0 cm³/mol. The topological polar surface area (TPSA) is 64.1 Å². The summed E-state index contributed by atoms with van der Waals surface area (Å²) in [5, 5.41) is 7.11. The molecule has 2 rings (SSSR count). The van der Waals surface area contributed by atoms with Crippen molar-refractivity contribution in [3.8, 4) is 5.75 Å². The standard InChI is InChI=1S/C13H12F3N3O2S/c1-7-3-4-9(5-8(7)2)21-6-10(20)17-12-19-18-11(22-12)13(14,15)16/h3-5H,6H2,1-2H3,(H,17,19,20). The van der Waals surface area contributed by atoms with E-state index in [1.54, 1.807) is 12.1 Å². The van der Waals surface area contributed by atoms with Gasteiger partial charge in [0.2, 0.25) is 10.1 Å². The SMILES string of the molecule is Cc1ccc(OCC(=O)Nc2nnc(C(F)(F)F)s2)cc1C. The van der Waals surface area contributed by atoms with Gasteiger partial charge in [0.1, 0.15) is 5.75 Å². The van der Waals surface area contributed by atoms with Crippen molar-refractivity contribution >= 4 is 22.4 Å². The van der Waals surface area contributed by atoms with E-state index >= 15 is 0 Å². The molecule has 1 amide bonds. The maximum Gasteiger partial charge on any atom is 0.445 e. The Balaban J connectivity index is 1.90. The Morgan fingerprint density at radius 2 is 2.00 bits per heavy atom.